The molecule has 5 heteroatoms. The molecule has 5 nitrogen and oxygen atoms in total. The largest absolute Gasteiger partial charge is 0.381 e. The molecule has 2 aliphatic heterocycles. The number of nitrogens with zero attached hydrogens (tertiary/aromatic N) is 1. The fourth-order valence-corrected chi connectivity index (χ4v) is 2.48. The van der Waals surface area contributed by atoms with Gasteiger partial charge in [0.1, 0.15) is 0 Å². The predicted molar refractivity (Wildman–Crippen MR) is 71.6 cm³/mol. The molecule has 0 aromatic carbocycles. The first kappa shape index (κ1) is 13.6. The molecule has 104 valence electrons. The maximum atomic E-state index is 5.83. The molecule has 0 aromatic heterocycles. The minimum atomic E-state index is 0.279. The van der Waals surface area contributed by atoms with E-state index in [1.165, 1.54) is 12.8 Å². The second kappa shape index (κ2) is 7.59. The van der Waals surface area contributed by atoms with Gasteiger partial charge in [0.15, 0.2) is 5.96 Å². The van der Waals surface area contributed by atoms with Gasteiger partial charge in [-0.1, -0.05) is 0 Å². The minimum absolute atomic E-state index is 0.279. The Bertz CT molecular complexity index is 259. The second-order valence-corrected chi connectivity index (χ2v) is 5.13. The van der Waals surface area contributed by atoms with Crippen LogP contribution in [0.15, 0.2) is 4.99 Å². The SMILES string of the molecule is NC(=NCC1CCCO1)NCCC1CCOCC1. The van der Waals surface area contributed by atoms with Crippen molar-refractivity contribution in [3.05, 3.63) is 0 Å². The number of hydrogen-bond donors (Lipinski definition) is 2. The lowest BCUT2D eigenvalue weighted by Crippen LogP contribution is -2.34. The van der Waals surface area contributed by atoms with Crippen molar-refractivity contribution in [2.75, 3.05) is 32.9 Å². The van der Waals surface area contributed by atoms with Crippen molar-refractivity contribution in [1.82, 2.24) is 5.32 Å². The molecule has 1 unspecified atom stereocenters. The quantitative estimate of drug-likeness (QED) is 0.565. The molecule has 0 bridgehead atoms. The highest BCUT2D eigenvalue weighted by Gasteiger charge is 2.15. The van der Waals surface area contributed by atoms with E-state index in [1.807, 2.05) is 0 Å². The van der Waals surface area contributed by atoms with E-state index in [-0.39, 0.29) is 6.10 Å². The maximum Gasteiger partial charge on any atom is 0.188 e. The molecule has 2 heterocycles. The molecular weight excluding hydrogens is 230 g/mol. The molecule has 2 saturated heterocycles. The second-order valence-electron chi connectivity index (χ2n) is 5.13. The molecule has 0 aromatic rings. The Morgan fingerprint density at radius 1 is 1.22 bits per heavy atom. The molecule has 3 N–H and O–H groups in total. The number of guanidine groups is 1. The highest BCUT2D eigenvalue weighted by atomic mass is 16.5. The Balaban J connectivity index is 1.55. The standard InChI is InChI=1S/C13H25N3O2/c14-13(16-10-12-2-1-7-18-12)15-6-3-11-4-8-17-9-5-11/h11-12H,1-10H2,(H3,14,15,16). The Labute approximate surface area is 109 Å². The summed E-state index contributed by atoms with van der Waals surface area (Å²) in [6.45, 7) is 4.29. The monoisotopic (exact) mass is 255 g/mol. The smallest absolute Gasteiger partial charge is 0.188 e. The summed E-state index contributed by atoms with van der Waals surface area (Å²) >= 11 is 0. The van der Waals surface area contributed by atoms with Crippen LogP contribution in [0.25, 0.3) is 0 Å². The van der Waals surface area contributed by atoms with Crippen molar-refractivity contribution in [2.45, 2.75) is 38.2 Å². The number of aliphatic imine (C=N–C) groups is 1. The summed E-state index contributed by atoms with van der Waals surface area (Å²) < 4.78 is 10.8. The van der Waals surface area contributed by atoms with Crippen molar-refractivity contribution in [3.63, 3.8) is 0 Å². The van der Waals surface area contributed by atoms with Crippen molar-refractivity contribution >= 4 is 5.96 Å². The lowest BCUT2D eigenvalue weighted by atomic mass is 9.97. The third-order valence-corrected chi connectivity index (χ3v) is 3.69. The van der Waals surface area contributed by atoms with Crippen LogP contribution in [0, 0.1) is 5.92 Å². The molecule has 2 aliphatic rings. The zero-order valence-corrected chi connectivity index (χ0v) is 11.1. The van der Waals surface area contributed by atoms with Gasteiger partial charge in [0.05, 0.1) is 12.6 Å². The number of hydrogen-bond acceptors (Lipinski definition) is 3. The van der Waals surface area contributed by atoms with E-state index in [0.717, 1.165) is 51.5 Å². The average molecular weight is 255 g/mol. The summed E-state index contributed by atoms with van der Waals surface area (Å²) in [4.78, 5) is 4.32. The zero-order valence-electron chi connectivity index (χ0n) is 11.1. The van der Waals surface area contributed by atoms with E-state index >= 15 is 0 Å². The molecule has 0 spiro atoms. The van der Waals surface area contributed by atoms with E-state index in [1.54, 1.807) is 0 Å². The Morgan fingerprint density at radius 3 is 2.78 bits per heavy atom. The molecule has 0 saturated carbocycles. The Kier molecular flexibility index (Phi) is 5.74. The number of rotatable bonds is 5. The summed E-state index contributed by atoms with van der Waals surface area (Å²) in [5, 5.41) is 3.19. The van der Waals surface area contributed by atoms with Crippen molar-refractivity contribution in [2.24, 2.45) is 16.6 Å². The third-order valence-electron chi connectivity index (χ3n) is 3.69. The first-order chi connectivity index (χ1) is 8.84. The summed E-state index contributed by atoms with van der Waals surface area (Å²) in [5.74, 6) is 1.33. The molecule has 0 amide bonds. The fourth-order valence-electron chi connectivity index (χ4n) is 2.48. The van der Waals surface area contributed by atoms with Crippen LogP contribution in [0.4, 0.5) is 0 Å². The van der Waals surface area contributed by atoms with Gasteiger partial charge in [-0.3, -0.25) is 4.99 Å². The van der Waals surface area contributed by atoms with E-state index in [9.17, 15) is 0 Å². The van der Waals surface area contributed by atoms with Gasteiger partial charge in [0, 0.05) is 26.4 Å². The van der Waals surface area contributed by atoms with Crippen LogP contribution in [-0.4, -0.2) is 45.0 Å². The topological polar surface area (TPSA) is 68.9 Å². The van der Waals surface area contributed by atoms with Crippen LogP contribution in [0.3, 0.4) is 0 Å². The van der Waals surface area contributed by atoms with Crippen molar-refractivity contribution in [3.8, 4) is 0 Å². The molecule has 0 radical (unpaired) electrons. The van der Waals surface area contributed by atoms with Crippen LogP contribution in [0.1, 0.15) is 32.1 Å². The maximum absolute atomic E-state index is 5.83. The van der Waals surface area contributed by atoms with Gasteiger partial charge in [-0.05, 0) is 38.0 Å². The third kappa shape index (κ3) is 4.82. The Morgan fingerprint density at radius 2 is 2.06 bits per heavy atom. The molecule has 0 aliphatic carbocycles. The summed E-state index contributed by atoms with van der Waals surface area (Å²) in [7, 11) is 0. The first-order valence-corrected chi connectivity index (χ1v) is 7.08. The van der Waals surface area contributed by atoms with Crippen LogP contribution in [-0.2, 0) is 9.47 Å². The predicted octanol–water partition coefficient (Wildman–Crippen LogP) is 0.886. The number of ether oxygens (including phenoxy) is 2. The van der Waals surface area contributed by atoms with Gasteiger partial charge in [0.2, 0.25) is 0 Å². The zero-order chi connectivity index (χ0) is 12.6. The fraction of sp³-hybridized carbons (Fsp3) is 0.923. The Hall–Kier alpha value is -0.810. The summed E-state index contributed by atoms with van der Waals surface area (Å²) in [5.41, 5.74) is 5.83. The van der Waals surface area contributed by atoms with Gasteiger partial charge in [-0.2, -0.15) is 0 Å². The lowest BCUT2D eigenvalue weighted by molar-refractivity contribution is 0.0643. The minimum Gasteiger partial charge on any atom is -0.381 e. The highest BCUT2D eigenvalue weighted by molar-refractivity contribution is 5.77. The highest BCUT2D eigenvalue weighted by Crippen LogP contribution is 2.17. The van der Waals surface area contributed by atoms with E-state index < -0.39 is 0 Å². The summed E-state index contributed by atoms with van der Waals surface area (Å²) in [6, 6.07) is 0. The van der Waals surface area contributed by atoms with Gasteiger partial charge >= 0.3 is 0 Å². The number of nitrogens with one attached hydrogen (secondary N) is 1. The molecule has 2 fully saturated rings. The van der Waals surface area contributed by atoms with Gasteiger partial charge in [-0.25, -0.2) is 0 Å². The van der Waals surface area contributed by atoms with Gasteiger partial charge in [-0.15, -0.1) is 0 Å². The van der Waals surface area contributed by atoms with Crippen LogP contribution in [0.5, 0.6) is 0 Å². The van der Waals surface area contributed by atoms with Crippen LogP contribution in [0.2, 0.25) is 0 Å². The average Bonchev–Trinajstić information content (AvgIpc) is 2.91. The van der Waals surface area contributed by atoms with Crippen molar-refractivity contribution < 1.29 is 9.47 Å². The summed E-state index contributed by atoms with van der Waals surface area (Å²) in [6.07, 6.45) is 6.04. The van der Waals surface area contributed by atoms with Gasteiger partial charge in [0.25, 0.3) is 0 Å². The van der Waals surface area contributed by atoms with Crippen LogP contribution < -0.4 is 11.1 Å². The molecule has 1 atom stereocenters. The molecular formula is C13H25N3O2. The molecule has 18 heavy (non-hydrogen) atoms. The van der Waals surface area contributed by atoms with Crippen molar-refractivity contribution in [1.29, 1.82) is 0 Å². The van der Waals surface area contributed by atoms with Gasteiger partial charge < -0.3 is 20.5 Å². The van der Waals surface area contributed by atoms with E-state index in [2.05, 4.69) is 10.3 Å². The normalized spacial score (nSPS) is 26.4. The van der Waals surface area contributed by atoms with E-state index in [0.29, 0.717) is 12.5 Å². The van der Waals surface area contributed by atoms with E-state index in [4.69, 9.17) is 15.2 Å². The molecule has 2 rings (SSSR count). The lowest BCUT2D eigenvalue weighted by Gasteiger charge is -2.21. The number of nitrogens with two attached hydrogens (primary N) is 1. The first-order valence-electron chi connectivity index (χ1n) is 7.08. The van der Waals surface area contributed by atoms with Crippen LogP contribution >= 0.6 is 0 Å².